The molecule has 1 aromatic rings. The molecule has 5 atom stereocenters. The standard InChI is InChI=1S/C19H24F2O4/c20-12-4-7-16(21)19(9-12)25-11-13(22)5-6-14-15-3-1-2-8-24-18(15)10-17(14)23/h4-7,9,13-15,17-18,22-23H,1-3,8,10-11H2/t13-,14-,15-,17-,18+/m1/s1. The van der Waals surface area contributed by atoms with Crippen LogP contribution >= 0.6 is 0 Å². The van der Waals surface area contributed by atoms with Gasteiger partial charge in [0.15, 0.2) is 11.6 Å². The summed E-state index contributed by atoms with van der Waals surface area (Å²) in [5.74, 6) is -1.33. The van der Waals surface area contributed by atoms with Gasteiger partial charge >= 0.3 is 0 Å². The highest BCUT2D eigenvalue weighted by atomic mass is 19.1. The fourth-order valence-corrected chi connectivity index (χ4v) is 3.74. The summed E-state index contributed by atoms with van der Waals surface area (Å²) in [4.78, 5) is 0. The molecular formula is C19H24F2O4. The number of rotatable bonds is 5. The van der Waals surface area contributed by atoms with Gasteiger partial charge in [-0.3, -0.25) is 0 Å². The third-order valence-corrected chi connectivity index (χ3v) is 5.01. The zero-order valence-electron chi connectivity index (χ0n) is 14.0. The van der Waals surface area contributed by atoms with Crippen molar-refractivity contribution >= 4 is 0 Å². The average Bonchev–Trinajstić information content (AvgIpc) is 2.73. The highest BCUT2D eigenvalue weighted by Crippen LogP contribution is 2.40. The van der Waals surface area contributed by atoms with Crippen LogP contribution in [-0.4, -0.2) is 41.7 Å². The normalized spacial score (nSPS) is 30.9. The molecule has 25 heavy (non-hydrogen) atoms. The van der Waals surface area contributed by atoms with Gasteiger partial charge in [0, 0.05) is 25.0 Å². The predicted octanol–water partition coefficient (Wildman–Crippen LogP) is 2.83. The number of halogens is 2. The van der Waals surface area contributed by atoms with E-state index < -0.39 is 23.8 Å². The lowest BCUT2D eigenvalue weighted by Crippen LogP contribution is -2.22. The van der Waals surface area contributed by atoms with E-state index in [1.165, 1.54) is 0 Å². The summed E-state index contributed by atoms with van der Waals surface area (Å²) in [6.07, 6.45) is 5.69. The Balaban J connectivity index is 1.56. The molecule has 1 aliphatic carbocycles. The van der Waals surface area contributed by atoms with Gasteiger partial charge in [-0.2, -0.15) is 0 Å². The molecule has 0 amide bonds. The molecule has 138 valence electrons. The molecular weight excluding hydrogens is 330 g/mol. The van der Waals surface area contributed by atoms with Crippen molar-refractivity contribution < 1.29 is 28.5 Å². The molecule has 2 N–H and O–H groups in total. The SMILES string of the molecule is O[C@H](C=C[C@@H]1[C@H]2CCCCO[C@H]2C[C@H]1O)COc1cc(F)ccc1F. The van der Waals surface area contributed by atoms with Crippen LogP contribution < -0.4 is 4.74 Å². The second-order valence-corrected chi connectivity index (χ2v) is 6.79. The van der Waals surface area contributed by atoms with E-state index in [2.05, 4.69) is 0 Å². The van der Waals surface area contributed by atoms with Crippen molar-refractivity contribution in [2.45, 2.75) is 44.0 Å². The van der Waals surface area contributed by atoms with Gasteiger partial charge in [0.1, 0.15) is 18.5 Å². The van der Waals surface area contributed by atoms with Crippen LogP contribution in [0.15, 0.2) is 30.4 Å². The smallest absolute Gasteiger partial charge is 0.165 e. The van der Waals surface area contributed by atoms with Crippen LogP contribution in [0.5, 0.6) is 5.75 Å². The molecule has 1 aromatic carbocycles. The molecule has 0 aromatic heterocycles. The van der Waals surface area contributed by atoms with Gasteiger partial charge in [-0.15, -0.1) is 0 Å². The molecule has 0 bridgehead atoms. The lowest BCUT2D eigenvalue weighted by Gasteiger charge is -2.21. The Kier molecular flexibility index (Phi) is 6.04. The largest absolute Gasteiger partial charge is 0.487 e. The zero-order chi connectivity index (χ0) is 17.8. The Morgan fingerprint density at radius 1 is 1.32 bits per heavy atom. The van der Waals surface area contributed by atoms with E-state index in [4.69, 9.17) is 9.47 Å². The monoisotopic (exact) mass is 354 g/mol. The molecule has 0 radical (unpaired) electrons. The Morgan fingerprint density at radius 3 is 3.00 bits per heavy atom. The Bertz CT molecular complexity index is 607. The molecule has 1 saturated heterocycles. The average molecular weight is 354 g/mol. The van der Waals surface area contributed by atoms with Gasteiger partial charge in [-0.1, -0.05) is 18.6 Å². The van der Waals surface area contributed by atoms with Gasteiger partial charge in [-0.05, 0) is 30.9 Å². The number of benzene rings is 1. The van der Waals surface area contributed by atoms with Crippen molar-refractivity contribution in [3.05, 3.63) is 42.0 Å². The van der Waals surface area contributed by atoms with E-state index in [0.29, 0.717) is 6.42 Å². The van der Waals surface area contributed by atoms with Crippen LogP contribution in [0, 0.1) is 23.5 Å². The van der Waals surface area contributed by atoms with Gasteiger partial charge in [0.25, 0.3) is 0 Å². The Hall–Kier alpha value is -1.50. The second kappa shape index (κ2) is 8.25. The van der Waals surface area contributed by atoms with Crippen molar-refractivity contribution in [3.63, 3.8) is 0 Å². The summed E-state index contributed by atoms with van der Waals surface area (Å²) >= 11 is 0. The number of hydrogen-bond donors (Lipinski definition) is 2. The Labute approximate surface area is 146 Å². The first kappa shape index (κ1) is 18.3. The molecule has 2 fully saturated rings. The lowest BCUT2D eigenvalue weighted by atomic mass is 9.89. The molecule has 0 unspecified atom stereocenters. The predicted molar refractivity (Wildman–Crippen MR) is 88.2 cm³/mol. The molecule has 0 spiro atoms. The molecule has 6 heteroatoms. The maximum atomic E-state index is 13.5. The first-order valence-electron chi connectivity index (χ1n) is 8.78. The van der Waals surface area contributed by atoms with Crippen LogP contribution in [0.4, 0.5) is 8.78 Å². The Morgan fingerprint density at radius 2 is 2.16 bits per heavy atom. The highest BCUT2D eigenvalue weighted by Gasteiger charge is 2.42. The van der Waals surface area contributed by atoms with Gasteiger partial charge < -0.3 is 19.7 Å². The zero-order valence-corrected chi connectivity index (χ0v) is 14.0. The first-order valence-corrected chi connectivity index (χ1v) is 8.78. The summed E-state index contributed by atoms with van der Waals surface area (Å²) in [6, 6.07) is 2.93. The van der Waals surface area contributed by atoms with Crippen molar-refractivity contribution in [1.82, 2.24) is 0 Å². The van der Waals surface area contributed by atoms with E-state index in [-0.39, 0.29) is 30.3 Å². The van der Waals surface area contributed by atoms with Gasteiger partial charge in [0.2, 0.25) is 0 Å². The van der Waals surface area contributed by atoms with Crippen LogP contribution in [0.25, 0.3) is 0 Å². The van der Waals surface area contributed by atoms with Crippen molar-refractivity contribution in [1.29, 1.82) is 0 Å². The maximum absolute atomic E-state index is 13.5. The maximum Gasteiger partial charge on any atom is 0.165 e. The number of ether oxygens (including phenoxy) is 2. The summed E-state index contributed by atoms with van der Waals surface area (Å²) in [5.41, 5.74) is 0. The minimum atomic E-state index is -0.972. The summed E-state index contributed by atoms with van der Waals surface area (Å²) in [7, 11) is 0. The molecule has 3 rings (SSSR count). The van der Waals surface area contributed by atoms with E-state index in [1.807, 2.05) is 0 Å². The van der Waals surface area contributed by atoms with Gasteiger partial charge in [0.05, 0.1) is 12.2 Å². The number of aliphatic hydroxyl groups is 2. The fraction of sp³-hybridized carbons (Fsp3) is 0.579. The molecule has 2 aliphatic rings. The van der Waals surface area contributed by atoms with E-state index in [9.17, 15) is 19.0 Å². The van der Waals surface area contributed by atoms with Crippen LogP contribution in [0.3, 0.4) is 0 Å². The van der Waals surface area contributed by atoms with Crippen LogP contribution in [0.1, 0.15) is 25.7 Å². The van der Waals surface area contributed by atoms with E-state index >= 15 is 0 Å². The summed E-state index contributed by atoms with van der Waals surface area (Å²) in [6.45, 7) is 0.546. The third kappa shape index (κ3) is 4.57. The quantitative estimate of drug-likeness (QED) is 0.799. The molecule has 1 heterocycles. The van der Waals surface area contributed by atoms with Crippen molar-refractivity contribution in [3.8, 4) is 5.75 Å². The topological polar surface area (TPSA) is 58.9 Å². The summed E-state index contributed by atoms with van der Waals surface area (Å²) < 4.78 is 37.5. The highest BCUT2D eigenvalue weighted by molar-refractivity contribution is 5.25. The molecule has 1 aliphatic heterocycles. The van der Waals surface area contributed by atoms with Crippen molar-refractivity contribution in [2.24, 2.45) is 11.8 Å². The van der Waals surface area contributed by atoms with E-state index in [1.54, 1.807) is 12.2 Å². The van der Waals surface area contributed by atoms with Crippen molar-refractivity contribution in [2.75, 3.05) is 13.2 Å². The minimum absolute atomic E-state index is 0.0661. The first-order chi connectivity index (χ1) is 12.0. The third-order valence-electron chi connectivity index (χ3n) is 5.01. The number of hydrogen-bond acceptors (Lipinski definition) is 4. The molecule has 1 saturated carbocycles. The van der Waals surface area contributed by atoms with Crippen LogP contribution in [-0.2, 0) is 4.74 Å². The molecule has 4 nitrogen and oxygen atoms in total. The fourth-order valence-electron chi connectivity index (χ4n) is 3.74. The summed E-state index contributed by atoms with van der Waals surface area (Å²) in [5, 5.41) is 20.3. The number of aliphatic hydroxyl groups excluding tert-OH is 2. The van der Waals surface area contributed by atoms with Gasteiger partial charge in [-0.25, -0.2) is 8.78 Å². The minimum Gasteiger partial charge on any atom is -0.487 e. The lowest BCUT2D eigenvalue weighted by molar-refractivity contribution is 0.0339. The number of fused-ring (bicyclic) bond motifs is 1. The van der Waals surface area contributed by atoms with E-state index in [0.717, 1.165) is 44.1 Å². The van der Waals surface area contributed by atoms with Crippen LogP contribution in [0.2, 0.25) is 0 Å². The second-order valence-electron chi connectivity index (χ2n) is 6.79.